The number of hydrogen-bond donors (Lipinski definition) is 1. The van der Waals surface area contributed by atoms with Crippen molar-refractivity contribution in [3.63, 3.8) is 0 Å². The molecule has 1 aliphatic heterocycles. The molecule has 0 radical (unpaired) electrons. The van der Waals surface area contributed by atoms with Crippen LogP contribution in [-0.4, -0.2) is 40.4 Å². The van der Waals surface area contributed by atoms with Crippen LogP contribution in [0.15, 0.2) is 51.8 Å². The monoisotopic (exact) mass is 493 g/mol. The fraction of sp³-hybridized carbons (Fsp3) is 0.150. The van der Waals surface area contributed by atoms with Gasteiger partial charge in [-0.3, -0.25) is 9.69 Å². The molecule has 1 atom stereocenters. The van der Waals surface area contributed by atoms with Crippen LogP contribution in [-0.2, 0) is 14.3 Å². The maximum atomic E-state index is 13.1. The summed E-state index contributed by atoms with van der Waals surface area (Å²) in [5.74, 6) is -0.755. The average molecular weight is 494 g/mol. The van der Waals surface area contributed by atoms with E-state index >= 15 is 0 Å². The van der Waals surface area contributed by atoms with E-state index in [9.17, 15) is 14.7 Å². The molecule has 1 unspecified atom stereocenters. The lowest BCUT2D eigenvalue weighted by Gasteiger charge is -2.24. The van der Waals surface area contributed by atoms with Crippen LogP contribution >= 0.6 is 39.9 Å². The molecule has 6 nitrogen and oxygen atoms in total. The molecule has 2 aromatic carbocycles. The summed E-state index contributed by atoms with van der Waals surface area (Å²) in [6.45, 7) is 0. The van der Waals surface area contributed by atoms with E-state index in [4.69, 9.17) is 21.7 Å². The summed E-state index contributed by atoms with van der Waals surface area (Å²) in [4.78, 5) is 27.2. The van der Waals surface area contributed by atoms with E-state index in [0.717, 1.165) is 11.8 Å². The lowest BCUT2D eigenvalue weighted by Crippen LogP contribution is -2.37. The summed E-state index contributed by atoms with van der Waals surface area (Å²) in [5.41, 5.74) is 1.23. The van der Waals surface area contributed by atoms with Crippen molar-refractivity contribution in [2.45, 2.75) is 6.04 Å². The molecule has 9 heteroatoms. The smallest absolute Gasteiger partial charge is 0.333 e. The van der Waals surface area contributed by atoms with Crippen molar-refractivity contribution < 1.29 is 24.2 Å². The van der Waals surface area contributed by atoms with Gasteiger partial charge in [0.25, 0.3) is 5.91 Å². The number of thiocarbonyl (C=S) groups is 1. The number of methoxy groups -OCH3 is 2. The molecule has 3 rings (SSSR count). The first kappa shape index (κ1) is 21.4. The summed E-state index contributed by atoms with van der Waals surface area (Å²) in [6, 6.07) is 11.1. The van der Waals surface area contributed by atoms with Gasteiger partial charge in [-0.2, -0.15) is 0 Å². The maximum absolute atomic E-state index is 13.1. The number of rotatable bonds is 5. The second-order valence-corrected chi connectivity index (χ2v) is 8.47. The van der Waals surface area contributed by atoms with Crippen molar-refractivity contribution in [1.82, 2.24) is 4.90 Å². The Balaban J connectivity index is 2.00. The predicted molar refractivity (Wildman–Crippen MR) is 119 cm³/mol. The SMILES string of the molecule is COC(=O)C(c1ccccc1)N1C(=O)/C(=C/c2cc(Br)c(O)c(OC)c2)SC1=S. The zero-order valence-corrected chi connectivity index (χ0v) is 18.6. The van der Waals surface area contributed by atoms with Crippen LogP contribution in [0.25, 0.3) is 6.08 Å². The standard InChI is InChI=1S/C20H16BrNO5S2/c1-26-14-9-11(8-13(21)17(14)23)10-15-18(24)22(20(28)29-15)16(19(25)27-2)12-6-4-3-5-7-12/h3-10,16,23H,1-2H3/b15-10-. The quantitative estimate of drug-likeness (QED) is 0.378. The first-order chi connectivity index (χ1) is 13.9. The summed E-state index contributed by atoms with van der Waals surface area (Å²) < 4.78 is 10.7. The number of halogens is 1. The molecule has 0 aliphatic carbocycles. The third kappa shape index (κ3) is 4.31. The fourth-order valence-corrected chi connectivity index (χ4v) is 4.60. The van der Waals surface area contributed by atoms with Crippen LogP contribution in [0.3, 0.4) is 0 Å². The summed E-state index contributed by atoms with van der Waals surface area (Å²) in [5, 5.41) is 9.96. The minimum atomic E-state index is -0.972. The van der Waals surface area contributed by atoms with Gasteiger partial charge < -0.3 is 14.6 Å². The minimum Gasteiger partial charge on any atom is -0.503 e. The highest BCUT2D eigenvalue weighted by atomic mass is 79.9. The van der Waals surface area contributed by atoms with E-state index in [-0.39, 0.29) is 15.8 Å². The Bertz CT molecular complexity index is 1010. The normalized spacial score (nSPS) is 16.2. The van der Waals surface area contributed by atoms with Gasteiger partial charge in [0.2, 0.25) is 0 Å². The first-order valence-corrected chi connectivity index (χ1v) is 10.4. The van der Waals surface area contributed by atoms with Gasteiger partial charge in [0, 0.05) is 0 Å². The Morgan fingerprint density at radius 1 is 1.28 bits per heavy atom. The number of ether oxygens (including phenoxy) is 2. The van der Waals surface area contributed by atoms with Gasteiger partial charge in [-0.1, -0.05) is 54.3 Å². The van der Waals surface area contributed by atoms with Crippen molar-refractivity contribution in [3.8, 4) is 11.5 Å². The second-order valence-electron chi connectivity index (χ2n) is 5.94. The number of benzene rings is 2. The molecular formula is C20H16BrNO5S2. The molecule has 1 fully saturated rings. The molecular weight excluding hydrogens is 478 g/mol. The van der Waals surface area contributed by atoms with Gasteiger partial charge >= 0.3 is 5.97 Å². The molecule has 29 heavy (non-hydrogen) atoms. The zero-order chi connectivity index (χ0) is 21.1. The molecule has 1 saturated heterocycles. The predicted octanol–water partition coefficient (Wildman–Crippen LogP) is 4.28. The molecule has 1 N–H and O–H groups in total. The number of phenols is 1. The Morgan fingerprint density at radius 2 is 1.97 bits per heavy atom. The van der Waals surface area contributed by atoms with Crippen LogP contribution in [0.5, 0.6) is 11.5 Å². The number of nitrogens with zero attached hydrogens (tertiary/aromatic N) is 1. The van der Waals surface area contributed by atoms with Crippen LogP contribution in [0, 0.1) is 0 Å². The molecule has 1 aliphatic rings. The maximum Gasteiger partial charge on any atom is 0.333 e. The largest absolute Gasteiger partial charge is 0.503 e. The number of thioether (sulfide) groups is 1. The Morgan fingerprint density at radius 3 is 2.59 bits per heavy atom. The number of aromatic hydroxyl groups is 1. The number of phenolic OH excluding ortho intramolecular Hbond substituents is 1. The Labute approximate surface area is 185 Å². The number of esters is 1. The number of amides is 1. The van der Waals surface area contributed by atoms with E-state index in [0.29, 0.717) is 20.5 Å². The van der Waals surface area contributed by atoms with Crippen molar-refractivity contribution in [2.75, 3.05) is 14.2 Å². The van der Waals surface area contributed by atoms with Gasteiger partial charge in [-0.05, 0) is 45.3 Å². The minimum absolute atomic E-state index is 0.0352. The van der Waals surface area contributed by atoms with E-state index in [1.165, 1.54) is 19.1 Å². The van der Waals surface area contributed by atoms with Gasteiger partial charge in [0.15, 0.2) is 17.5 Å². The van der Waals surface area contributed by atoms with Gasteiger partial charge in [0.05, 0.1) is 23.6 Å². The van der Waals surface area contributed by atoms with E-state index < -0.39 is 17.9 Å². The van der Waals surface area contributed by atoms with Crippen molar-refractivity contribution in [2.24, 2.45) is 0 Å². The fourth-order valence-electron chi connectivity index (χ4n) is 2.82. The molecule has 0 spiro atoms. The van der Waals surface area contributed by atoms with Crippen LogP contribution in [0.2, 0.25) is 0 Å². The average Bonchev–Trinajstić information content (AvgIpc) is 2.99. The van der Waals surface area contributed by atoms with Gasteiger partial charge in [-0.25, -0.2) is 4.79 Å². The lowest BCUT2D eigenvalue weighted by molar-refractivity contribution is -0.148. The molecule has 0 bridgehead atoms. The molecule has 1 heterocycles. The van der Waals surface area contributed by atoms with Crippen LogP contribution < -0.4 is 4.74 Å². The first-order valence-electron chi connectivity index (χ1n) is 8.33. The third-order valence-corrected chi connectivity index (χ3v) is 6.12. The van der Waals surface area contributed by atoms with Gasteiger partial charge in [-0.15, -0.1) is 0 Å². The second kappa shape index (κ2) is 8.98. The summed E-state index contributed by atoms with van der Waals surface area (Å²) >= 11 is 9.75. The molecule has 1 amide bonds. The molecule has 0 saturated carbocycles. The topological polar surface area (TPSA) is 76.1 Å². The molecule has 0 aromatic heterocycles. The highest BCUT2D eigenvalue weighted by Gasteiger charge is 2.41. The van der Waals surface area contributed by atoms with Crippen molar-refractivity contribution >= 4 is 62.2 Å². The van der Waals surface area contributed by atoms with Crippen LogP contribution in [0.1, 0.15) is 17.2 Å². The van der Waals surface area contributed by atoms with Crippen molar-refractivity contribution in [3.05, 3.63) is 63.0 Å². The third-order valence-electron chi connectivity index (χ3n) is 4.19. The van der Waals surface area contributed by atoms with E-state index in [2.05, 4.69) is 15.9 Å². The van der Waals surface area contributed by atoms with E-state index in [1.54, 1.807) is 42.5 Å². The number of carbonyl (C=O) groups is 2. The molecule has 150 valence electrons. The van der Waals surface area contributed by atoms with Crippen molar-refractivity contribution in [1.29, 1.82) is 0 Å². The highest BCUT2D eigenvalue weighted by molar-refractivity contribution is 9.10. The van der Waals surface area contributed by atoms with Gasteiger partial charge in [0.1, 0.15) is 4.32 Å². The summed E-state index contributed by atoms with van der Waals surface area (Å²) in [7, 11) is 2.71. The lowest BCUT2D eigenvalue weighted by atomic mass is 10.1. The summed E-state index contributed by atoms with van der Waals surface area (Å²) in [6.07, 6.45) is 1.63. The molecule has 2 aromatic rings. The zero-order valence-electron chi connectivity index (χ0n) is 15.4. The van der Waals surface area contributed by atoms with Crippen LogP contribution in [0.4, 0.5) is 0 Å². The number of hydrogen-bond acceptors (Lipinski definition) is 7. The highest BCUT2D eigenvalue weighted by Crippen LogP contribution is 2.40. The Kier molecular flexibility index (Phi) is 6.61. The van der Waals surface area contributed by atoms with E-state index in [1.807, 2.05) is 6.07 Å². The number of carbonyl (C=O) groups excluding carboxylic acids is 2. The Hall–Kier alpha value is -2.36.